The first-order chi connectivity index (χ1) is 9.65. The monoisotopic (exact) mass is 276 g/mol. The zero-order chi connectivity index (χ0) is 14.1. The van der Waals surface area contributed by atoms with E-state index in [1.165, 1.54) is 4.90 Å². The number of hydrogen-bond donors (Lipinski definition) is 3. The number of imidazole rings is 1. The zero-order valence-corrected chi connectivity index (χ0v) is 10.9. The number of nitrogens with one attached hydrogen (secondary N) is 1. The molecular weight excluding hydrogens is 260 g/mol. The Morgan fingerprint density at radius 2 is 2.40 bits per heavy atom. The second-order valence-electron chi connectivity index (χ2n) is 4.82. The summed E-state index contributed by atoms with van der Waals surface area (Å²) in [6.07, 6.45) is 2.46. The molecule has 3 rings (SSSR count). The Labute approximate surface area is 115 Å². The van der Waals surface area contributed by atoms with Crippen molar-refractivity contribution in [3.8, 4) is 0 Å². The third-order valence-corrected chi connectivity index (χ3v) is 3.53. The number of nitrogen functional groups attached to an aromatic ring is 1. The van der Waals surface area contributed by atoms with E-state index in [2.05, 4.69) is 15.4 Å². The molecule has 0 aliphatic carbocycles. The number of carbonyl (C=O) groups is 1. The van der Waals surface area contributed by atoms with Gasteiger partial charge in [0, 0.05) is 13.1 Å². The Bertz CT molecular complexity index is 640. The minimum Gasteiger partial charge on any atom is -0.465 e. The summed E-state index contributed by atoms with van der Waals surface area (Å²) in [5, 5.41) is 16.6. The van der Waals surface area contributed by atoms with Crippen molar-refractivity contribution in [1.82, 2.24) is 19.5 Å². The number of carboxylic acid groups (broad SMARTS) is 1. The molecule has 106 valence electrons. The average Bonchev–Trinajstić information content (AvgIpc) is 3.04. The van der Waals surface area contributed by atoms with Crippen LogP contribution in [-0.2, 0) is 0 Å². The summed E-state index contributed by atoms with van der Waals surface area (Å²) in [4.78, 5) is 16.6. The van der Waals surface area contributed by atoms with E-state index in [9.17, 15) is 4.79 Å². The van der Waals surface area contributed by atoms with E-state index in [0.717, 1.165) is 12.8 Å². The van der Waals surface area contributed by atoms with E-state index >= 15 is 0 Å². The quantitative estimate of drug-likeness (QED) is 0.767. The predicted octanol–water partition coefficient (Wildman–Crippen LogP) is 0.866. The van der Waals surface area contributed by atoms with Gasteiger partial charge in [-0.15, -0.1) is 5.10 Å². The van der Waals surface area contributed by atoms with Gasteiger partial charge in [-0.1, -0.05) is 0 Å². The Hall–Kier alpha value is -2.51. The molecule has 0 unspecified atom stereocenters. The van der Waals surface area contributed by atoms with Crippen LogP contribution in [0.2, 0.25) is 0 Å². The molecule has 1 amide bonds. The van der Waals surface area contributed by atoms with Crippen LogP contribution in [0.1, 0.15) is 12.8 Å². The van der Waals surface area contributed by atoms with Gasteiger partial charge < -0.3 is 21.1 Å². The van der Waals surface area contributed by atoms with Gasteiger partial charge >= 0.3 is 6.09 Å². The van der Waals surface area contributed by atoms with Crippen LogP contribution in [0, 0.1) is 0 Å². The van der Waals surface area contributed by atoms with Crippen molar-refractivity contribution >= 4 is 23.4 Å². The molecule has 0 bridgehead atoms. The first kappa shape index (κ1) is 12.5. The molecule has 1 atom stereocenters. The largest absolute Gasteiger partial charge is 0.465 e. The van der Waals surface area contributed by atoms with Crippen molar-refractivity contribution in [2.75, 3.05) is 24.1 Å². The summed E-state index contributed by atoms with van der Waals surface area (Å²) in [6, 6.07) is 3.61. The van der Waals surface area contributed by atoms with Crippen molar-refractivity contribution in [2.45, 2.75) is 18.9 Å². The predicted molar refractivity (Wildman–Crippen MR) is 73.6 cm³/mol. The van der Waals surface area contributed by atoms with E-state index in [0.29, 0.717) is 30.4 Å². The summed E-state index contributed by atoms with van der Waals surface area (Å²) in [6.45, 7) is 1.14. The molecule has 8 nitrogen and oxygen atoms in total. The van der Waals surface area contributed by atoms with Gasteiger partial charge in [0.25, 0.3) is 0 Å². The highest BCUT2D eigenvalue weighted by molar-refractivity contribution is 5.66. The first-order valence-electron chi connectivity index (χ1n) is 6.49. The van der Waals surface area contributed by atoms with Crippen LogP contribution in [0.5, 0.6) is 0 Å². The highest BCUT2D eigenvalue weighted by atomic mass is 16.4. The van der Waals surface area contributed by atoms with E-state index in [1.807, 2.05) is 12.1 Å². The van der Waals surface area contributed by atoms with Gasteiger partial charge in [-0.3, -0.25) is 0 Å². The molecule has 3 heterocycles. The van der Waals surface area contributed by atoms with Crippen LogP contribution in [0.3, 0.4) is 0 Å². The fraction of sp³-hybridized carbons (Fsp3) is 0.417. The first-order valence-corrected chi connectivity index (χ1v) is 6.49. The van der Waals surface area contributed by atoms with Gasteiger partial charge in [0.05, 0.1) is 12.2 Å². The lowest BCUT2D eigenvalue weighted by molar-refractivity contribution is 0.142. The Morgan fingerprint density at radius 1 is 1.55 bits per heavy atom. The van der Waals surface area contributed by atoms with Crippen LogP contribution >= 0.6 is 0 Å². The fourth-order valence-corrected chi connectivity index (χ4v) is 2.51. The molecule has 0 saturated carbocycles. The number of nitrogens with zero attached hydrogens (tertiary/aromatic N) is 4. The number of likely N-dealkylation sites (tertiary alicyclic amines) is 1. The molecule has 1 aliphatic rings. The summed E-state index contributed by atoms with van der Waals surface area (Å²) < 4.78 is 1.55. The highest BCUT2D eigenvalue weighted by Gasteiger charge is 2.28. The summed E-state index contributed by atoms with van der Waals surface area (Å²) in [7, 11) is 0. The maximum atomic E-state index is 11.1. The molecule has 2 aromatic heterocycles. The summed E-state index contributed by atoms with van der Waals surface area (Å²) >= 11 is 0. The van der Waals surface area contributed by atoms with Crippen molar-refractivity contribution in [2.24, 2.45) is 0 Å². The Balaban J connectivity index is 1.70. The van der Waals surface area contributed by atoms with E-state index < -0.39 is 6.09 Å². The normalized spacial score (nSPS) is 18.6. The van der Waals surface area contributed by atoms with Crippen molar-refractivity contribution in [3.63, 3.8) is 0 Å². The van der Waals surface area contributed by atoms with Gasteiger partial charge in [-0.05, 0) is 25.0 Å². The Morgan fingerprint density at radius 3 is 3.20 bits per heavy atom. The molecule has 0 spiro atoms. The van der Waals surface area contributed by atoms with Gasteiger partial charge in [0.15, 0.2) is 5.65 Å². The SMILES string of the molecule is Nc1cnc2ccc(NC[C@@H]3CCCN3C(=O)O)nn12. The number of fused-ring (bicyclic) bond motifs is 1. The molecular formula is C12H16N6O2. The Kier molecular flexibility index (Phi) is 3.05. The van der Waals surface area contributed by atoms with Gasteiger partial charge in [0.1, 0.15) is 11.6 Å². The smallest absolute Gasteiger partial charge is 0.407 e. The molecule has 1 fully saturated rings. The molecule has 4 N–H and O–H groups in total. The van der Waals surface area contributed by atoms with Gasteiger partial charge in [-0.25, -0.2) is 9.78 Å². The van der Waals surface area contributed by atoms with E-state index in [-0.39, 0.29) is 6.04 Å². The number of amides is 1. The summed E-state index contributed by atoms with van der Waals surface area (Å²) in [5.41, 5.74) is 6.43. The third kappa shape index (κ3) is 2.20. The van der Waals surface area contributed by atoms with Crippen molar-refractivity contribution in [1.29, 1.82) is 0 Å². The molecule has 1 aliphatic heterocycles. The fourth-order valence-electron chi connectivity index (χ4n) is 2.51. The van der Waals surface area contributed by atoms with E-state index in [4.69, 9.17) is 10.8 Å². The highest BCUT2D eigenvalue weighted by Crippen LogP contribution is 2.18. The van der Waals surface area contributed by atoms with Crippen LogP contribution < -0.4 is 11.1 Å². The average molecular weight is 276 g/mol. The molecule has 2 aromatic rings. The standard InChI is InChI=1S/C12H16N6O2/c13-9-7-15-11-4-3-10(16-18(9)11)14-6-8-2-1-5-17(8)12(19)20/h3-4,7-8H,1-2,5-6,13H2,(H,14,16)(H,19,20)/t8-/m0/s1. The molecule has 8 heteroatoms. The lowest BCUT2D eigenvalue weighted by atomic mass is 10.2. The second kappa shape index (κ2) is 4.87. The molecule has 1 saturated heterocycles. The van der Waals surface area contributed by atoms with Crippen LogP contribution in [0.25, 0.3) is 5.65 Å². The minimum absolute atomic E-state index is 0.00914. The lowest BCUT2D eigenvalue weighted by Crippen LogP contribution is -2.38. The van der Waals surface area contributed by atoms with Crippen molar-refractivity contribution in [3.05, 3.63) is 18.3 Å². The number of nitrogens with two attached hydrogens (primary N) is 1. The van der Waals surface area contributed by atoms with Crippen LogP contribution in [0.15, 0.2) is 18.3 Å². The topological polar surface area (TPSA) is 109 Å². The maximum absolute atomic E-state index is 11.1. The number of rotatable bonds is 3. The molecule has 0 aromatic carbocycles. The van der Waals surface area contributed by atoms with Gasteiger partial charge in [0.2, 0.25) is 0 Å². The van der Waals surface area contributed by atoms with Gasteiger partial charge in [-0.2, -0.15) is 4.52 Å². The lowest BCUT2D eigenvalue weighted by Gasteiger charge is -2.21. The van der Waals surface area contributed by atoms with Crippen LogP contribution in [-0.4, -0.2) is 49.8 Å². The molecule has 0 radical (unpaired) electrons. The summed E-state index contributed by atoms with van der Waals surface area (Å²) in [5.74, 6) is 1.12. The van der Waals surface area contributed by atoms with Crippen LogP contribution in [0.4, 0.5) is 16.4 Å². The third-order valence-electron chi connectivity index (χ3n) is 3.53. The van der Waals surface area contributed by atoms with E-state index in [1.54, 1.807) is 10.7 Å². The minimum atomic E-state index is -0.864. The zero-order valence-electron chi connectivity index (χ0n) is 10.9. The number of hydrogen-bond acceptors (Lipinski definition) is 5. The van der Waals surface area contributed by atoms with Crippen molar-refractivity contribution < 1.29 is 9.90 Å². The number of aromatic nitrogens is 3. The maximum Gasteiger partial charge on any atom is 0.407 e. The second-order valence-corrected chi connectivity index (χ2v) is 4.82. The number of anilines is 2. The molecule has 20 heavy (non-hydrogen) atoms.